The highest BCUT2D eigenvalue weighted by atomic mass is 15.2. The van der Waals surface area contributed by atoms with Gasteiger partial charge in [-0.2, -0.15) is 0 Å². The Bertz CT molecular complexity index is 165. The summed E-state index contributed by atoms with van der Waals surface area (Å²) in [7, 11) is 0. The van der Waals surface area contributed by atoms with Crippen LogP contribution in [0, 0.1) is 5.92 Å². The lowest BCUT2D eigenvalue weighted by Crippen LogP contribution is -2.57. The molecule has 2 aliphatic rings. The number of nitrogens with zero attached hydrogens (tertiary/aromatic N) is 1. The lowest BCUT2D eigenvalue weighted by atomic mass is 10.1. The first kappa shape index (κ1) is 9.47. The van der Waals surface area contributed by atoms with Gasteiger partial charge in [-0.1, -0.05) is 0 Å². The van der Waals surface area contributed by atoms with Gasteiger partial charge in [0.25, 0.3) is 0 Å². The summed E-state index contributed by atoms with van der Waals surface area (Å²) >= 11 is 0. The fraction of sp³-hybridized carbons (Fsp3) is 1.00. The molecule has 0 aromatic carbocycles. The minimum Gasteiger partial charge on any atom is -0.309 e. The Morgan fingerprint density at radius 1 is 1.23 bits per heavy atom. The highest BCUT2D eigenvalue weighted by molar-refractivity contribution is 4.94. The lowest BCUT2D eigenvalue weighted by Gasteiger charge is -2.40. The van der Waals surface area contributed by atoms with Crippen LogP contribution in [0.4, 0.5) is 0 Å². The fourth-order valence-corrected chi connectivity index (χ4v) is 2.36. The van der Waals surface area contributed by atoms with Crippen LogP contribution in [0.25, 0.3) is 0 Å². The van der Waals surface area contributed by atoms with E-state index in [1.54, 1.807) is 0 Å². The van der Waals surface area contributed by atoms with Crippen molar-refractivity contribution < 1.29 is 0 Å². The molecule has 2 nitrogen and oxygen atoms in total. The van der Waals surface area contributed by atoms with Crippen molar-refractivity contribution in [2.45, 2.75) is 51.7 Å². The largest absolute Gasteiger partial charge is 0.309 e. The zero-order chi connectivity index (χ0) is 9.42. The van der Waals surface area contributed by atoms with Crippen molar-refractivity contribution in [1.29, 1.82) is 0 Å². The number of rotatable bonds is 2. The normalized spacial score (nSPS) is 36.9. The monoisotopic (exact) mass is 182 g/mol. The van der Waals surface area contributed by atoms with Crippen LogP contribution in [0.15, 0.2) is 0 Å². The van der Waals surface area contributed by atoms with Crippen molar-refractivity contribution in [3.05, 3.63) is 0 Å². The molecule has 0 amide bonds. The van der Waals surface area contributed by atoms with E-state index in [-0.39, 0.29) is 0 Å². The van der Waals surface area contributed by atoms with Gasteiger partial charge in [-0.05, 0) is 39.5 Å². The Morgan fingerprint density at radius 3 is 2.46 bits per heavy atom. The number of hydrogen-bond donors (Lipinski definition) is 1. The van der Waals surface area contributed by atoms with E-state index < -0.39 is 0 Å². The zero-order valence-corrected chi connectivity index (χ0v) is 9.09. The summed E-state index contributed by atoms with van der Waals surface area (Å²) in [5, 5.41) is 3.72. The maximum Gasteiger partial charge on any atom is 0.0226 e. The summed E-state index contributed by atoms with van der Waals surface area (Å²) in [5.74, 6) is 0.990. The smallest absolute Gasteiger partial charge is 0.0226 e. The van der Waals surface area contributed by atoms with E-state index in [0.717, 1.165) is 12.0 Å². The molecule has 1 saturated heterocycles. The van der Waals surface area contributed by atoms with Crippen molar-refractivity contribution >= 4 is 0 Å². The molecule has 1 aliphatic carbocycles. The summed E-state index contributed by atoms with van der Waals surface area (Å²) in [6.07, 6.45) is 2.91. The molecule has 76 valence electrons. The summed E-state index contributed by atoms with van der Waals surface area (Å²) in [4.78, 5) is 2.62. The third-order valence-electron chi connectivity index (χ3n) is 3.36. The SMILES string of the molecule is CC(C)N1C[C@H](C)N[C@@H](C2CC2)C1. The van der Waals surface area contributed by atoms with Crippen LogP contribution in [-0.2, 0) is 0 Å². The van der Waals surface area contributed by atoms with Crippen LogP contribution < -0.4 is 5.32 Å². The summed E-state index contributed by atoms with van der Waals surface area (Å²) in [6, 6.07) is 2.18. The van der Waals surface area contributed by atoms with Gasteiger partial charge in [-0.15, -0.1) is 0 Å². The fourth-order valence-electron chi connectivity index (χ4n) is 2.36. The van der Waals surface area contributed by atoms with Gasteiger partial charge in [0.1, 0.15) is 0 Å². The Kier molecular flexibility index (Phi) is 2.61. The van der Waals surface area contributed by atoms with E-state index >= 15 is 0 Å². The van der Waals surface area contributed by atoms with Crippen molar-refractivity contribution in [3.8, 4) is 0 Å². The highest BCUT2D eigenvalue weighted by Crippen LogP contribution is 2.34. The Balaban J connectivity index is 1.92. The third-order valence-corrected chi connectivity index (χ3v) is 3.36. The molecular formula is C11H22N2. The molecule has 0 spiro atoms. The van der Waals surface area contributed by atoms with Crippen LogP contribution in [0.5, 0.6) is 0 Å². The predicted molar refractivity (Wildman–Crippen MR) is 55.8 cm³/mol. The molecule has 2 atom stereocenters. The molecule has 1 N–H and O–H groups in total. The van der Waals surface area contributed by atoms with Crippen LogP contribution in [0.1, 0.15) is 33.6 Å². The number of hydrogen-bond acceptors (Lipinski definition) is 2. The Morgan fingerprint density at radius 2 is 1.92 bits per heavy atom. The van der Waals surface area contributed by atoms with Crippen LogP contribution in [0.2, 0.25) is 0 Å². The second kappa shape index (κ2) is 3.58. The molecule has 0 aromatic rings. The second-order valence-corrected chi connectivity index (χ2v) is 5.06. The first-order chi connectivity index (χ1) is 6.16. The van der Waals surface area contributed by atoms with Gasteiger partial charge in [0, 0.05) is 31.2 Å². The van der Waals surface area contributed by atoms with Crippen molar-refractivity contribution in [2.24, 2.45) is 5.92 Å². The quantitative estimate of drug-likeness (QED) is 0.695. The first-order valence-electron chi connectivity index (χ1n) is 5.67. The lowest BCUT2D eigenvalue weighted by molar-refractivity contribution is 0.125. The van der Waals surface area contributed by atoms with Crippen molar-refractivity contribution in [2.75, 3.05) is 13.1 Å². The van der Waals surface area contributed by atoms with E-state index in [9.17, 15) is 0 Å². The summed E-state index contributed by atoms with van der Waals surface area (Å²) in [5.41, 5.74) is 0. The van der Waals surface area contributed by atoms with E-state index in [1.165, 1.54) is 25.9 Å². The van der Waals surface area contributed by atoms with Gasteiger partial charge in [-0.25, -0.2) is 0 Å². The molecule has 1 saturated carbocycles. The van der Waals surface area contributed by atoms with Gasteiger partial charge in [0.05, 0.1) is 0 Å². The molecule has 2 rings (SSSR count). The molecular weight excluding hydrogens is 160 g/mol. The second-order valence-electron chi connectivity index (χ2n) is 5.06. The third kappa shape index (κ3) is 2.23. The summed E-state index contributed by atoms with van der Waals surface area (Å²) in [6.45, 7) is 9.42. The molecule has 1 aliphatic heterocycles. The topological polar surface area (TPSA) is 15.3 Å². The van der Waals surface area contributed by atoms with E-state index in [0.29, 0.717) is 12.1 Å². The van der Waals surface area contributed by atoms with Crippen molar-refractivity contribution in [1.82, 2.24) is 10.2 Å². The van der Waals surface area contributed by atoms with Crippen LogP contribution in [-0.4, -0.2) is 36.1 Å². The molecule has 1 heterocycles. The average Bonchev–Trinajstić information content (AvgIpc) is 2.85. The standard InChI is InChI=1S/C11H22N2/c1-8(2)13-6-9(3)12-11(7-13)10-4-5-10/h8-12H,4-7H2,1-3H3/t9-,11+/m0/s1. The number of nitrogens with one attached hydrogen (secondary N) is 1. The van der Waals surface area contributed by atoms with E-state index in [1.807, 2.05) is 0 Å². The molecule has 0 unspecified atom stereocenters. The van der Waals surface area contributed by atoms with Crippen LogP contribution in [0.3, 0.4) is 0 Å². The highest BCUT2D eigenvalue weighted by Gasteiger charge is 2.36. The predicted octanol–water partition coefficient (Wildman–Crippen LogP) is 1.47. The molecule has 0 bridgehead atoms. The zero-order valence-electron chi connectivity index (χ0n) is 9.09. The Hall–Kier alpha value is -0.0800. The minimum atomic E-state index is 0.682. The van der Waals surface area contributed by atoms with Crippen molar-refractivity contribution in [3.63, 3.8) is 0 Å². The molecule has 0 radical (unpaired) electrons. The van der Waals surface area contributed by atoms with E-state index in [2.05, 4.69) is 31.0 Å². The molecule has 2 heteroatoms. The maximum atomic E-state index is 3.72. The van der Waals surface area contributed by atoms with Gasteiger partial charge < -0.3 is 5.32 Å². The molecule has 2 fully saturated rings. The van der Waals surface area contributed by atoms with Gasteiger partial charge in [-0.3, -0.25) is 4.90 Å². The van der Waals surface area contributed by atoms with E-state index in [4.69, 9.17) is 0 Å². The maximum absolute atomic E-state index is 3.72. The minimum absolute atomic E-state index is 0.682. The van der Waals surface area contributed by atoms with Gasteiger partial charge in [0.2, 0.25) is 0 Å². The molecule has 13 heavy (non-hydrogen) atoms. The van der Waals surface area contributed by atoms with Gasteiger partial charge >= 0.3 is 0 Å². The Labute approximate surface area is 81.7 Å². The average molecular weight is 182 g/mol. The van der Waals surface area contributed by atoms with Gasteiger partial charge in [0.15, 0.2) is 0 Å². The first-order valence-corrected chi connectivity index (χ1v) is 5.67. The number of piperazine rings is 1. The molecule has 0 aromatic heterocycles. The summed E-state index contributed by atoms with van der Waals surface area (Å²) < 4.78 is 0. The van der Waals surface area contributed by atoms with Crippen LogP contribution >= 0.6 is 0 Å².